The van der Waals surface area contributed by atoms with Crippen molar-refractivity contribution in [2.75, 3.05) is 13.1 Å². The molecule has 0 spiro atoms. The van der Waals surface area contributed by atoms with Crippen LogP contribution < -0.4 is 5.32 Å². The number of urea groups is 1. The normalized spacial score (nSPS) is 20.4. The molecule has 144 valence electrons. The van der Waals surface area contributed by atoms with Crippen LogP contribution in [0.4, 0.5) is 4.79 Å². The Morgan fingerprint density at radius 1 is 1.33 bits per heavy atom. The number of β-amino-alcohol motifs (C(OH)–C–C–N with tert-alkyl or cyclic N) is 1. The van der Waals surface area contributed by atoms with Crippen LogP contribution in [0.2, 0.25) is 0 Å². The lowest BCUT2D eigenvalue weighted by molar-refractivity contribution is -0.137. The number of aliphatic hydroxyl groups is 1. The van der Waals surface area contributed by atoms with Gasteiger partial charge in [-0.2, -0.15) is 15.4 Å². The standard InChI is InChI=1S/C18H23N5O4/c24-16(25)7-6-14(10-13-4-2-1-3-5-13)20-17(26)23-9-8-18(27,12-23)15-11-19-22-21-15/h1-5,11,14,27H,6-10,12H2,(H,20,26)(H,24,25)(H,19,21,22). The molecule has 1 aliphatic heterocycles. The van der Waals surface area contributed by atoms with E-state index in [1.165, 1.54) is 11.1 Å². The summed E-state index contributed by atoms with van der Waals surface area (Å²) >= 11 is 0. The predicted octanol–water partition coefficient (Wildman–Crippen LogP) is 0.884. The number of amides is 2. The summed E-state index contributed by atoms with van der Waals surface area (Å²) in [5.41, 5.74) is 0.207. The number of carboxylic acid groups (broad SMARTS) is 1. The molecular weight excluding hydrogens is 350 g/mol. The number of benzene rings is 1. The highest BCUT2D eigenvalue weighted by molar-refractivity contribution is 5.75. The van der Waals surface area contributed by atoms with Crippen molar-refractivity contribution in [2.45, 2.75) is 37.3 Å². The summed E-state index contributed by atoms with van der Waals surface area (Å²) in [6, 6.07) is 8.98. The number of carbonyl (C=O) groups excluding carboxylic acids is 1. The quantitative estimate of drug-likeness (QED) is 0.570. The third-order valence-electron chi connectivity index (χ3n) is 4.79. The zero-order chi connectivity index (χ0) is 19.3. The molecule has 2 atom stereocenters. The molecule has 1 fully saturated rings. The van der Waals surface area contributed by atoms with Gasteiger partial charge in [-0.1, -0.05) is 30.3 Å². The van der Waals surface area contributed by atoms with Gasteiger partial charge in [0, 0.05) is 25.4 Å². The first-order valence-corrected chi connectivity index (χ1v) is 8.86. The molecule has 0 bridgehead atoms. The molecule has 2 aromatic rings. The van der Waals surface area contributed by atoms with E-state index < -0.39 is 11.6 Å². The number of H-pyrrole nitrogens is 1. The molecule has 0 aliphatic carbocycles. The average Bonchev–Trinajstić information content (AvgIpc) is 3.31. The van der Waals surface area contributed by atoms with Crippen molar-refractivity contribution >= 4 is 12.0 Å². The van der Waals surface area contributed by atoms with E-state index in [4.69, 9.17) is 5.11 Å². The number of nitrogens with zero attached hydrogens (tertiary/aromatic N) is 3. The monoisotopic (exact) mass is 373 g/mol. The summed E-state index contributed by atoms with van der Waals surface area (Å²) in [6.07, 6.45) is 2.66. The molecule has 0 radical (unpaired) electrons. The van der Waals surface area contributed by atoms with Gasteiger partial charge in [0.05, 0.1) is 12.7 Å². The molecule has 4 N–H and O–H groups in total. The van der Waals surface area contributed by atoms with E-state index in [9.17, 15) is 14.7 Å². The van der Waals surface area contributed by atoms with Gasteiger partial charge in [-0.15, -0.1) is 0 Å². The zero-order valence-corrected chi connectivity index (χ0v) is 14.8. The second-order valence-corrected chi connectivity index (χ2v) is 6.83. The van der Waals surface area contributed by atoms with Crippen LogP contribution in [0, 0.1) is 0 Å². The number of hydrogen-bond acceptors (Lipinski definition) is 5. The van der Waals surface area contributed by atoms with Crippen LogP contribution in [0.1, 0.15) is 30.5 Å². The van der Waals surface area contributed by atoms with Crippen LogP contribution in [0.15, 0.2) is 36.5 Å². The topological polar surface area (TPSA) is 131 Å². The summed E-state index contributed by atoms with van der Waals surface area (Å²) < 4.78 is 0. The van der Waals surface area contributed by atoms with Crippen LogP contribution >= 0.6 is 0 Å². The van der Waals surface area contributed by atoms with E-state index in [1.54, 1.807) is 0 Å². The van der Waals surface area contributed by atoms with Crippen LogP contribution in [0.3, 0.4) is 0 Å². The molecule has 1 aliphatic rings. The molecule has 1 aromatic carbocycles. The lowest BCUT2D eigenvalue weighted by Gasteiger charge is -2.25. The number of aromatic amines is 1. The number of carbonyl (C=O) groups is 2. The van der Waals surface area contributed by atoms with Gasteiger partial charge in [0.25, 0.3) is 0 Å². The fraction of sp³-hybridized carbons (Fsp3) is 0.444. The average molecular weight is 373 g/mol. The van der Waals surface area contributed by atoms with Crippen molar-refractivity contribution in [3.8, 4) is 0 Å². The Morgan fingerprint density at radius 3 is 2.78 bits per heavy atom. The zero-order valence-electron chi connectivity index (χ0n) is 14.8. The maximum Gasteiger partial charge on any atom is 0.317 e. The van der Waals surface area contributed by atoms with E-state index in [-0.39, 0.29) is 25.0 Å². The van der Waals surface area contributed by atoms with Gasteiger partial charge < -0.3 is 20.4 Å². The van der Waals surface area contributed by atoms with Crippen LogP contribution in [0.5, 0.6) is 0 Å². The van der Waals surface area contributed by atoms with Crippen molar-refractivity contribution in [3.63, 3.8) is 0 Å². The Kier molecular flexibility index (Phi) is 5.70. The summed E-state index contributed by atoms with van der Waals surface area (Å²) in [5.74, 6) is -0.899. The Labute approximate surface area is 156 Å². The number of carboxylic acids is 1. The number of likely N-dealkylation sites (tertiary alicyclic amines) is 1. The molecule has 2 amide bonds. The van der Waals surface area contributed by atoms with Gasteiger partial charge in [0.1, 0.15) is 11.3 Å². The highest BCUT2D eigenvalue weighted by Gasteiger charge is 2.41. The minimum atomic E-state index is -1.22. The first-order valence-electron chi connectivity index (χ1n) is 8.86. The van der Waals surface area contributed by atoms with Crippen molar-refractivity contribution in [3.05, 3.63) is 47.8 Å². The molecular formula is C18H23N5O4. The van der Waals surface area contributed by atoms with E-state index in [2.05, 4.69) is 20.7 Å². The molecule has 2 unspecified atom stereocenters. The largest absolute Gasteiger partial charge is 0.481 e. The Balaban J connectivity index is 1.62. The minimum absolute atomic E-state index is 0.0271. The summed E-state index contributed by atoms with van der Waals surface area (Å²) in [4.78, 5) is 25.1. The summed E-state index contributed by atoms with van der Waals surface area (Å²) in [7, 11) is 0. The SMILES string of the molecule is O=C(O)CCC(Cc1ccccc1)NC(=O)N1CCC(O)(c2cn[nH]n2)C1. The van der Waals surface area contributed by atoms with Gasteiger partial charge >= 0.3 is 12.0 Å². The molecule has 27 heavy (non-hydrogen) atoms. The fourth-order valence-electron chi connectivity index (χ4n) is 3.29. The third-order valence-corrected chi connectivity index (χ3v) is 4.79. The molecule has 1 aromatic heterocycles. The Hall–Kier alpha value is -2.94. The van der Waals surface area contributed by atoms with E-state index in [0.717, 1.165) is 5.56 Å². The van der Waals surface area contributed by atoms with Gasteiger partial charge in [-0.3, -0.25) is 4.79 Å². The lowest BCUT2D eigenvalue weighted by Crippen LogP contribution is -2.46. The van der Waals surface area contributed by atoms with Gasteiger partial charge in [0.15, 0.2) is 0 Å². The maximum atomic E-state index is 12.7. The number of aliphatic carboxylic acids is 1. The second-order valence-electron chi connectivity index (χ2n) is 6.83. The Bertz CT molecular complexity index is 767. The summed E-state index contributed by atoms with van der Waals surface area (Å²) in [5, 5.41) is 32.7. The lowest BCUT2D eigenvalue weighted by atomic mass is 10.00. The predicted molar refractivity (Wildman–Crippen MR) is 95.8 cm³/mol. The number of rotatable bonds is 7. The van der Waals surface area contributed by atoms with Crippen molar-refractivity contribution in [1.82, 2.24) is 25.6 Å². The molecule has 9 heteroatoms. The van der Waals surface area contributed by atoms with E-state index in [1.807, 2.05) is 30.3 Å². The number of aromatic nitrogens is 3. The first kappa shape index (κ1) is 18.8. The van der Waals surface area contributed by atoms with Crippen molar-refractivity contribution in [2.24, 2.45) is 0 Å². The summed E-state index contributed by atoms with van der Waals surface area (Å²) in [6.45, 7) is 0.495. The smallest absolute Gasteiger partial charge is 0.317 e. The first-order chi connectivity index (χ1) is 13.0. The highest BCUT2D eigenvalue weighted by Crippen LogP contribution is 2.30. The van der Waals surface area contributed by atoms with Crippen molar-refractivity contribution < 1.29 is 19.8 Å². The molecule has 2 heterocycles. The number of hydrogen-bond donors (Lipinski definition) is 4. The van der Waals surface area contributed by atoms with Crippen LogP contribution in [-0.2, 0) is 16.8 Å². The number of nitrogens with one attached hydrogen (secondary N) is 2. The molecule has 0 saturated carbocycles. The van der Waals surface area contributed by atoms with Crippen LogP contribution in [0.25, 0.3) is 0 Å². The van der Waals surface area contributed by atoms with E-state index >= 15 is 0 Å². The fourth-order valence-corrected chi connectivity index (χ4v) is 3.29. The minimum Gasteiger partial charge on any atom is -0.481 e. The van der Waals surface area contributed by atoms with Crippen LogP contribution in [-0.4, -0.2) is 61.7 Å². The second kappa shape index (κ2) is 8.17. The van der Waals surface area contributed by atoms with Gasteiger partial charge in [0.2, 0.25) is 0 Å². The van der Waals surface area contributed by atoms with Crippen molar-refractivity contribution in [1.29, 1.82) is 0 Å². The molecule has 9 nitrogen and oxygen atoms in total. The van der Waals surface area contributed by atoms with Gasteiger partial charge in [-0.25, -0.2) is 4.79 Å². The van der Waals surface area contributed by atoms with Gasteiger partial charge in [-0.05, 0) is 18.4 Å². The maximum absolute atomic E-state index is 12.7. The molecule has 3 rings (SSSR count). The molecule has 1 saturated heterocycles. The Morgan fingerprint density at radius 2 is 2.11 bits per heavy atom. The highest BCUT2D eigenvalue weighted by atomic mass is 16.4. The third kappa shape index (κ3) is 4.82. The van der Waals surface area contributed by atoms with E-state index in [0.29, 0.717) is 31.5 Å².